The first kappa shape index (κ1) is 16.5. The average Bonchev–Trinajstić information content (AvgIpc) is 2.60. The lowest BCUT2D eigenvalue weighted by molar-refractivity contribution is -0.119. The van der Waals surface area contributed by atoms with Crippen molar-refractivity contribution in [2.45, 2.75) is 6.54 Å². The molecule has 0 heterocycles. The largest absolute Gasteiger partial charge is 0.465 e. The van der Waals surface area contributed by atoms with Gasteiger partial charge < -0.3 is 15.0 Å². The molecule has 5 nitrogen and oxygen atoms in total. The number of para-hydroxylation sites is 1. The molecular weight excluding hydrogens is 292 g/mol. The molecule has 0 radical (unpaired) electrons. The van der Waals surface area contributed by atoms with Gasteiger partial charge >= 0.3 is 5.97 Å². The van der Waals surface area contributed by atoms with Crippen molar-refractivity contribution in [1.82, 2.24) is 5.32 Å². The van der Waals surface area contributed by atoms with Crippen LogP contribution >= 0.6 is 0 Å². The monoisotopic (exact) mass is 312 g/mol. The summed E-state index contributed by atoms with van der Waals surface area (Å²) in [4.78, 5) is 25.2. The number of hydrogen-bond acceptors (Lipinski definition) is 4. The number of amides is 1. The topological polar surface area (TPSA) is 58.6 Å². The summed E-state index contributed by atoms with van der Waals surface area (Å²) in [5, 5.41) is 2.87. The zero-order chi connectivity index (χ0) is 16.7. The number of benzene rings is 2. The van der Waals surface area contributed by atoms with E-state index in [1.165, 1.54) is 7.11 Å². The van der Waals surface area contributed by atoms with Gasteiger partial charge in [-0.2, -0.15) is 0 Å². The molecule has 1 N–H and O–H groups in total. The van der Waals surface area contributed by atoms with Crippen molar-refractivity contribution in [3.8, 4) is 0 Å². The summed E-state index contributed by atoms with van der Waals surface area (Å²) in [5.41, 5.74) is 2.41. The normalized spacial score (nSPS) is 10.0. The number of rotatable bonds is 6. The minimum absolute atomic E-state index is 0.0617. The number of anilines is 1. The van der Waals surface area contributed by atoms with Crippen LogP contribution in [0.2, 0.25) is 0 Å². The molecule has 1 amide bonds. The Kier molecular flexibility index (Phi) is 5.74. The Morgan fingerprint density at radius 1 is 1.04 bits per heavy atom. The maximum atomic E-state index is 12.0. The molecule has 0 atom stereocenters. The second kappa shape index (κ2) is 7.98. The molecule has 0 fully saturated rings. The SMILES string of the molecule is COC(=O)c1ccc(CNC(=O)CN(C)c2ccccc2)cc1. The van der Waals surface area contributed by atoms with Crippen LogP contribution in [-0.2, 0) is 16.1 Å². The average molecular weight is 312 g/mol. The summed E-state index contributed by atoms with van der Waals surface area (Å²) in [6.45, 7) is 0.702. The van der Waals surface area contributed by atoms with Crippen LogP contribution in [0, 0.1) is 0 Å². The maximum Gasteiger partial charge on any atom is 0.337 e. The standard InChI is InChI=1S/C18H20N2O3/c1-20(16-6-4-3-5-7-16)13-17(21)19-12-14-8-10-15(11-9-14)18(22)23-2/h3-11H,12-13H2,1-2H3,(H,19,21). The quantitative estimate of drug-likeness (QED) is 0.831. The fourth-order valence-electron chi connectivity index (χ4n) is 2.12. The molecule has 0 aliphatic carbocycles. The molecule has 2 aromatic carbocycles. The molecule has 120 valence electrons. The molecule has 0 aliphatic heterocycles. The minimum Gasteiger partial charge on any atom is -0.465 e. The molecule has 0 aliphatic rings. The Bertz CT molecular complexity index is 654. The number of likely N-dealkylation sites (N-methyl/N-ethyl adjacent to an activating group) is 1. The van der Waals surface area contributed by atoms with Crippen molar-refractivity contribution >= 4 is 17.6 Å². The number of nitrogens with zero attached hydrogens (tertiary/aromatic N) is 1. The van der Waals surface area contributed by atoms with Gasteiger partial charge in [-0.3, -0.25) is 4.79 Å². The first-order chi connectivity index (χ1) is 11.1. The molecule has 0 unspecified atom stereocenters. The van der Waals surface area contributed by atoms with Crippen molar-refractivity contribution in [3.05, 3.63) is 65.7 Å². The third-order valence-electron chi connectivity index (χ3n) is 3.44. The van der Waals surface area contributed by atoms with Crippen LogP contribution in [0.3, 0.4) is 0 Å². The molecule has 5 heteroatoms. The summed E-state index contributed by atoms with van der Waals surface area (Å²) in [7, 11) is 3.22. The lowest BCUT2D eigenvalue weighted by Crippen LogP contribution is -2.34. The number of ether oxygens (including phenoxy) is 1. The van der Waals surface area contributed by atoms with Crippen LogP contribution in [0.5, 0.6) is 0 Å². The van der Waals surface area contributed by atoms with Crippen molar-refractivity contribution in [1.29, 1.82) is 0 Å². The van der Waals surface area contributed by atoms with Gasteiger partial charge in [-0.15, -0.1) is 0 Å². The Morgan fingerprint density at radius 2 is 1.70 bits per heavy atom. The van der Waals surface area contributed by atoms with E-state index in [2.05, 4.69) is 10.1 Å². The molecule has 23 heavy (non-hydrogen) atoms. The van der Waals surface area contributed by atoms with Gasteiger partial charge in [0, 0.05) is 19.3 Å². The van der Waals surface area contributed by atoms with E-state index < -0.39 is 0 Å². The van der Waals surface area contributed by atoms with Gasteiger partial charge in [-0.1, -0.05) is 30.3 Å². The van der Waals surface area contributed by atoms with Gasteiger partial charge in [0.15, 0.2) is 0 Å². The highest BCUT2D eigenvalue weighted by molar-refractivity contribution is 5.89. The molecule has 2 aromatic rings. The first-order valence-corrected chi connectivity index (χ1v) is 7.30. The lowest BCUT2D eigenvalue weighted by atomic mass is 10.1. The highest BCUT2D eigenvalue weighted by Crippen LogP contribution is 2.10. The summed E-state index contributed by atoms with van der Waals surface area (Å²) in [5.74, 6) is -0.432. The zero-order valence-corrected chi connectivity index (χ0v) is 13.3. The van der Waals surface area contributed by atoms with E-state index >= 15 is 0 Å². The fraction of sp³-hybridized carbons (Fsp3) is 0.222. The molecule has 2 rings (SSSR count). The Morgan fingerprint density at radius 3 is 2.30 bits per heavy atom. The number of methoxy groups -OCH3 is 1. The smallest absolute Gasteiger partial charge is 0.337 e. The van der Waals surface area contributed by atoms with Gasteiger partial charge in [0.2, 0.25) is 5.91 Å². The van der Waals surface area contributed by atoms with E-state index in [1.807, 2.05) is 42.3 Å². The molecule has 0 saturated heterocycles. The van der Waals surface area contributed by atoms with Gasteiger partial charge in [0.1, 0.15) is 0 Å². The summed E-state index contributed by atoms with van der Waals surface area (Å²) in [6.07, 6.45) is 0. The van der Waals surface area contributed by atoms with Crippen LogP contribution in [0.1, 0.15) is 15.9 Å². The number of esters is 1. The Labute approximate surface area is 135 Å². The zero-order valence-electron chi connectivity index (χ0n) is 13.3. The van der Waals surface area contributed by atoms with Gasteiger partial charge in [0.25, 0.3) is 0 Å². The summed E-state index contributed by atoms with van der Waals surface area (Å²) >= 11 is 0. The first-order valence-electron chi connectivity index (χ1n) is 7.30. The van der Waals surface area contributed by atoms with Gasteiger partial charge in [-0.05, 0) is 29.8 Å². The minimum atomic E-state index is -0.370. The highest BCUT2D eigenvalue weighted by Gasteiger charge is 2.08. The van der Waals surface area contributed by atoms with Crippen molar-refractivity contribution < 1.29 is 14.3 Å². The maximum absolute atomic E-state index is 12.0. The van der Waals surface area contributed by atoms with E-state index in [1.54, 1.807) is 24.3 Å². The van der Waals surface area contributed by atoms with Crippen LogP contribution in [0.25, 0.3) is 0 Å². The lowest BCUT2D eigenvalue weighted by Gasteiger charge is -2.18. The highest BCUT2D eigenvalue weighted by atomic mass is 16.5. The molecule has 0 aromatic heterocycles. The van der Waals surface area contributed by atoms with Crippen molar-refractivity contribution in [2.24, 2.45) is 0 Å². The molecule has 0 saturated carbocycles. The molecule has 0 bridgehead atoms. The predicted molar refractivity (Wildman–Crippen MR) is 89.3 cm³/mol. The van der Waals surface area contributed by atoms with Crippen molar-refractivity contribution in [3.63, 3.8) is 0 Å². The third-order valence-corrected chi connectivity index (χ3v) is 3.44. The molecular formula is C18H20N2O3. The summed E-state index contributed by atoms with van der Waals surface area (Å²) in [6, 6.07) is 16.7. The molecule has 0 spiro atoms. The van der Waals surface area contributed by atoms with Crippen LogP contribution in [-0.4, -0.2) is 32.6 Å². The fourth-order valence-corrected chi connectivity index (χ4v) is 2.12. The Hall–Kier alpha value is -2.82. The number of nitrogens with one attached hydrogen (secondary N) is 1. The number of carbonyl (C=O) groups excluding carboxylic acids is 2. The second-order valence-corrected chi connectivity index (χ2v) is 5.16. The third kappa shape index (κ3) is 4.85. The predicted octanol–water partition coefficient (Wildman–Crippen LogP) is 2.23. The van der Waals surface area contributed by atoms with E-state index in [-0.39, 0.29) is 18.4 Å². The van der Waals surface area contributed by atoms with E-state index in [0.29, 0.717) is 12.1 Å². The Balaban J connectivity index is 1.83. The van der Waals surface area contributed by atoms with Crippen molar-refractivity contribution in [2.75, 3.05) is 25.6 Å². The van der Waals surface area contributed by atoms with Gasteiger partial charge in [-0.25, -0.2) is 4.79 Å². The van der Waals surface area contributed by atoms with Crippen LogP contribution < -0.4 is 10.2 Å². The number of hydrogen-bond donors (Lipinski definition) is 1. The van der Waals surface area contributed by atoms with E-state index in [9.17, 15) is 9.59 Å². The second-order valence-electron chi connectivity index (χ2n) is 5.16. The van der Waals surface area contributed by atoms with Crippen LogP contribution in [0.4, 0.5) is 5.69 Å². The number of carbonyl (C=O) groups is 2. The van der Waals surface area contributed by atoms with Gasteiger partial charge in [0.05, 0.1) is 19.2 Å². The summed E-state index contributed by atoms with van der Waals surface area (Å²) < 4.78 is 4.65. The van der Waals surface area contributed by atoms with E-state index in [0.717, 1.165) is 11.3 Å². The van der Waals surface area contributed by atoms with Crippen LogP contribution in [0.15, 0.2) is 54.6 Å². The van der Waals surface area contributed by atoms with E-state index in [4.69, 9.17) is 0 Å².